The molecule has 6 heteroatoms. The molecule has 2 aromatic rings. The number of nitrogens with zero attached hydrogens (tertiary/aromatic N) is 1. The molecule has 1 heterocycles. The number of aromatic nitrogens is 1. The molecule has 0 saturated heterocycles. The van der Waals surface area contributed by atoms with Crippen LogP contribution in [0.25, 0.3) is 0 Å². The van der Waals surface area contributed by atoms with Crippen molar-refractivity contribution in [2.24, 2.45) is 0 Å². The molecule has 1 aromatic heterocycles. The van der Waals surface area contributed by atoms with E-state index in [4.69, 9.17) is 0 Å². The van der Waals surface area contributed by atoms with Crippen LogP contribution in [0.2, 0.25) is 0 Å². The van der Waals surface area contributed by atoms with Crippen LogP contribution in [0, 0.1) is 0 Å². The Bertz CT molecular complexity index is 624. The molecule has 1 aliphatic carbocycles. The molecule has 2 amide bonds. The predicted octanol–water partition coefficient (Wildman–Crippen LogP) is 3.78. The van der Waals surface area contributed by atoms with Crippen LogP contribution in [-0.4, -0.2) is 17.1 Å². The van der Waals surface area contributed by atoms with Gasteiger partial charge in [0.15, 0.2) is 5.13 Å². The summed E-state index contributed by atoms with van der Waals surface area (Å²) in [5.41, 5.74) is 1.22. The van der Waals surface area contributed by atoms with Crippen LogP contribution in [0.4, 0.5) is 9.93 Å². The molecule has 1 fully saturated rings. The Morgan fingerprint density at radius 1 is 1.45 bits per heavy atom. The van der Waals surface area contributed by atoms with Gasteiger partial charge in [-0.15, -0.1) is 11.3 Å². The van der Waals surface area contributed by atoms with Crippen molar-refractivity contribution >= 4 is 38.4 Å². The first-order valence-corrected chi connectivity index (χ1v) is 8.06. The first kappa shape index (κ1) is 13.6. The number of halogens is 1. The van der Waals surface area contributed by atoms with Crippen LogP contribution in [0.15, 0.2) is 34.9 Å². The quantitative estimate of drug-likeness (QED) is 0.880. The number of hydrogen-bond donors (Lipinski definition) is 2. The molecule has 0 bridgehead atoms. The Balaban J connectivity index is 1.59. The van der Waals surface area contributed by atoms with Crippen LogP contribution in [0.5, 0.6) is 0 Å². The van der Waals surface area contributed by atoms with E-state index in [0.717, 1.165) is 28.6 Å². The van der Waals surface area contributed by atoms with E-state index in [1.54, 1.807) is 0 Å². The minimum absolute atomic E-state index is 0.157. The van der Waals surface area contributed by atoms with Crippen LogP contribution in [-0.2, 0) is 6.42 Å². The van der Waals surface area contributed by atoms with Gasteiger partial charge < -0.3 is 5.32 Å². The number of hydrogen-bond acceptors (Lipinski definition) is 3. The maximum atomic E-state index is 11.6. The summed E-state index contributed by atoms with van der Waals surface area (Å²) in [6.07, 6.45) is 4.81. The van der Waals surface area contributed by atoms with Crippen molar-refractivity contribution in [3.8, 4) is 0 Å². The van der Waals surface area contributed by atoms with Crippen LogP contribution >= 0.6 is 27.3 Å². The number of benzene rings is 1. The number of anilines is 1. The van der Waals surface area contributed by atoms with Crippen molar-refractivity contribution < 1.29 is 4.79 Å². The predicted molar refractivity (Wildman–Crippen MR) is 84.2 cm³/mol. The molecule has 1 aliphatic rings. The maximum absolute atomic E-state index is 11.6. The van der Waals surface area contributed by atoms with E-state index in [9.17, 15) is 4.79 Å². The third-order valence-corrected chi connectivity index (χ3v) is 4.36. The van der Waals surface area contributed by atoms with Gasteiger partial charge in [0.2, 0.25) is 0 Å². The maximum Gasteiger partial charge on any atom is 0.321 e. The minimum Gasteiger partial charge on any atom is -0.335 e. The SMILES string of the molecule is O=C(Nc1ncc(Cc2cccc(Br)c2)s1)NC1CC1. The Hall–Kier alpha value is -1.40. The molecule has 3 rings (SSSR count). The van der Waals surface area contributed by atoms with Gasteiger partial charge in [-0.2, -0.15) is 0 Å². The van der Waals surface area contributed by atoms with Gasteiger partial charge in [0, 0.05) is 28.0 Å². The van der Waals surface area contributed by atoms with E-state index in [-0.39, 0.29) is 6.03 Å². The number of thiazole rings is 1. The zero-order valence-corrected chi connectivity index (χ0v) is 13.1. The lowest BCUT2D eigenvalue weighted by Gasteiger charge is -2.02. The zero-order valence-electron chi connectivity index (χ0n) is 10.7. The number of rotatable bonds is 4. The Morgan fingerprint density at radius 2 is 2.30 bits per heavy atom. The van der Waals surface area contributed by atoms with Gasteiger partial charge in [0.1, 0.15) is 0 Å². The Kier molecular flexibility index (Phi) is 4.03. The second kappa shape index (κ2) is 5.93. The van der Waals surface area contributed by atoms with Crippen LogP contribution < -0.4 is 10.6 Å². The Labute approximate surface area is 129 Å². The summed E-state index contributed by atoms with van der Waals surface area (Å²) >= 11 is 4.98. The number of nitrogens with one attached hydrogen (secondary N) is 2. The van der Waals surface area contributed by atoms with E-state index < -0.39 is 0 Å². The van der Waals surface area contributed by atoms with Gasteiger partial charge >= 0.3 is 6.03 Å². The molecular formula is C14H14BrN3OS. The summed E-state index contributed by atoms with van der Waals surface area (Å²) in [5.74, 6) is 0. The van der Waals surface area contributed by atoms with Crippen LogP contribution in [0.1, 0.15) is 23.3 Å². The van der Waals surface area contributed by atoms with Crippen molar-refractivity contribution in [1.82, 2.24) is 10.3 Å². The fourth-order valence-corrected chi connectivity index (χ4v) is 3.13. The van der Waals surface area contributed by atoms with Gasteiger partial charge in [-0.25, -0.2) is 9.78 Å². The van der Waals surface area contributed by atoms with Gasteiger partial charge in [-0.05, 0) is 30.5 Å². The second-order valence-electron chi connectivity index (χ2n) is 4.81. The Morgan fingerprint density at radius 3 is 3.05 bits per heavy atom. The summed E-state index contributed by atoms with van der Waals surface area (Å²) < 4.78 is 1.07. The fourth-order valence-electron chi connectivity index (χ4n) is 1.84. The third-order valence-electron chi connectivity index (χ3n) is 2.95. The average Bonchev–Trinajstić information content (AvgIpc) is 3.09. The van der Waals surface area contributed by atoms with Crippen LogP contribution in [0.3, 0.4) is 0 Å². The molecule has 2 N–H and O–H groups in total. The molecule has 1 saturated carbocycles. The molecule has 0 aliphatic heterocycles. The molecule has 104 valence electrons. The molecule has 4 nitrogen and oxygen atoms in total. The first-order valence-electron chi connectivity index (χ1n) is 6.46. The highest BCUT2D eigenvalue weighted by atomic mass is 79.9. The number of carbonyl (C=O) groups is 1. The summed E-state index contributed by atoms with van der Waals surface area (Å²) in [6, 6.07) is 8.39. The molecule has 0 atom stereocenters. The van der Waals surface area contributed by atoms with E-state index in [0.29, 0.717) is 11.2 Å². The van der Waals surface area contributed by atoms with Gasteiger partial charge in [0.25, 0.3) is 0 Å². The number of urea groups is 1. The monoisotopic (exact) mass is 351 g/mol. The largest absolute Gasteiger partial charge is 0.335 e. The summed E-state index contributed by atoms with van der Waals surface area (Å²) in [7, 11) is 0. The average molecular weight is 352 g/mol. The molecule has 20 heavy (non-hydrogen) atoms. The smallest absolute Gasteiger partial charge is 0.321 e. The molecule has 0 spiro atoms. The highest BCUT2D eigenvalue weighted by molar-refractivity contribution is 9.10. The summed E-state index contributed by atoms with van der Waals surface area (Å²) in [6.45, 7) is 0. The topological polar surface area (TPSA) is 54.0 Å². The van der Waals surface area contributed by atoms with Crippen molar-refractivity contribution in [1.29, 1.82) is 0 Å². The van der Waals surface area contributed by atoms with E-state index >= 15 is 0 Å². The first-order chi connectivity index (χ1) is 9.69. The van der Waals surface area contributed by atoms with Gasteiger partial charge in [-0.3, -0.25) is 5.32 Å². The second-order valence-corrected chi connectivity index (χ2v) is 6.84. The lowest BCUT2D eigenvalue weighted by atomic mass is 10.1. The number of amides is 2. The number of carbonyl (C=O) groups excluding carboxylic acids is 1. The zero-order chi connectivity index (χ0) is 13.9. The van der Waals surface area contributed by atoms with Gasteiger partial charge in [-0.1, -0.05) is 28.1 Å². The lowest BCUT2D eigenvalue weighted by Crippen LogP contribution is -2.30. The highest BCUT2D eigenvalue weighted by Crippen LogP contribution is 2.23. The normalized spacial score (nSPS) is 14.1. The minimum atomic E-state index is -0.157. The molecule has 0 radical (unpaired) electrons. The van der Waals surface area contributed by atoms with E-state index in [1.807, 2.05) is 18.3 Å². The molecular weight excluding hydrogens is 338 g/mol. The van der Waals surface area contributed by atoms with Gasteiger partial charge in [0.05, 0.1) is 0 Å². The standard InChI is InChI=1S/C14H14BrN3OS/c15-10-3-1-2-9(6-10)7-12-8-16-14(20-12)18-13(19)17-11-4-5-11/h1-3,6,8,11H,4-5,7H2,(H2,16,17,18,19). The lowest BCUT2D eigenvalue weighted by molar-refractivity contribution is 0.251. The summed E-state index contributed by atoms with van der Waals surface area (Å²) in [5, 5.41) is 6.30. The van der Waals surface area contributed by atoms with Crippen molar-refractivity contribution in [3.63, 3.8) is 0 Å². The highest BCUT2D eigenvalue weighted by Gasteiger charge is 2.23. The third kappa shape index (κ3) is 3.80. The van der Waals surface area contributed by atoms with Crippen molar-refractivity contribution in [2.75, 3.05) is 5.32 Å². The fraction of sp³-hybridized carbons (Fsp3) is 0.286. The van der Waals surface area contributed by atoms with Crippen molar-refractivity contribution in [3.05, 3.63) is 45.4 Å². The molecule has 1 aromatic carbocycles. The van der Waals surface area contributed by atoms with Crippen molar-refractivity contribution in [2.45, 2.75) is 25.3 Å². The van der Waals surface area contributed by atoms with E-state index in [2.05, 4.69) is 43.7 Å². The molecule has 0 unspecified atom stereocenters. The van der Waals surface area contributed by atoms with E-state index in [1.165, 1.54) is 16.9 Å². The summed E-state index contributed by atoms with van der Waals surface area (Å²) in [4.78, 5) is 17.0.